The molecule has 0 aliphatic rings. The minimum atomic E-state index is -2.48. The summed E-state index contributed by atoms with van der Waals surface area (Å²) in [6.45, 7) is 0. The average Bonchev–Trinajstić information content (AvgIpc) is 2.97. The smallest absolute Gasteiger partial charge is 0.264 e. The Morgan fingerprint density at radius 3 is 2.78 bits per heavy atom. The maximum atomic E-state index is 13.0. The van der Waals surface area contributed by atoms with Crippen molar-refractivity contribution in [3.05, 3.63) is 65.6 Å². The second-order valence-corrected chi connectivity index (χ2v) is 5.31. The van der Waals surface area contributed by atoms with Gasteiger partial charge in [0, 0.05) is 24.4 Å². The molecule has 0 radical (unpaired) electrons. The first kappa shape index (κ1) is 13.8. The molecule has 2 aromatic heterocycles. The fourth-order valence-electron chi connectivity index (χ4n) is 2.78. The number of H-pyrrole nitrogens is 1. The van der Waals surface area contributed by atoms with Crippen LogP contribution in [0.5, 0.6) is 0 Å². The molecule has 0 atom stereocenters. The first-order valence-electron chi connectivity index (χ1n) is 7.16. The highest BCUT2D eigenvalue weighted by molar-refractivity contribution is 5.86. The topological polar surface area (TPSA) is 54.5 Å². The molecule has 0 aliphatic carbocycles. The Hall–Kier alpha value is -2.89. The van der Waals surface area contributed by atoms with E-state index in [4.69, 9.17) is 0 Å². The first-order chi connectivity index (χ1) is 11.2. The molecule has 4 rings (SSSR count). The molecule has 0 aliphatic heterocycles. The molecule has 1 N–H and O–H groups in total. The van der Waals surface area contributed by atoms with Crippen LogP contribution >= 0.6 is 0 Å². The normalized spacial score (nSPS) is 11.6. The largest absolute Gasteiger partial charge is 0.278 e. The summed E-state index contributed by atoms with van der Waals surface area (Å²) in [6, 6.07) is 10.5. The summed E-state index contributed by atoms with van der Waals surface area (Å²) in [6.07, 6.45) is 1.33. The number of aromatic amines is 1. The molecule has 0 amide bonds. The molecule has 0 fully saturated rings. The van der Waals surface area contributed by atoms with Crippen molar-refractivity contribution in [2.75, 3.05) is 0 Å². The lowest BCUT2D eigenvalue weighted by atomic mass is 10.00. The van der Waals surface area contributed by atoms with Gasteiger partial charge in [-0.25, -0.2) is 18.7 Å². The predicted octanol–water partition coefficient (Wildman–Crippen LogP) is 4.03. The van der Waals surface area contributed by atoms with Gasteiger partial charge in [0.25, 0.3) is 6.43 Å². The van der Waals surface area contributed by atoms with Crippen LogP contribution in [0.2, 0.25) is 0 Å². The van der Waals surface area contributed by atoms with Gasteiger partial charge in [-0.3, -0.25) is 5.10 Å². The highest BCUT2D eigenvalue weighted by Gasteiger charge is 2.12. The molecule has 23 heavy (non-hydrogen) atoms. The van der Waals surface area contributed by atoms with Crippen LogP contribution in [0.15, 0.2) is 48.8 Å². The SMILES string of the molecule is FC(F)c1cccc2cc(Cc3[nH]nc4nccnc34)ccc12. The van der Waals surface area contributed by atoms with Crippen LogP contribution < -0.4 is 0 Å². The zero-order chi connectivity index (χ0) is 15.8. The van der Waals surface area contributed by atoms with Crippen LogP contribution in [0.1, 0.15) is 23.2 Å². The maximum absolute atomic E-state index is 13.0. The van der Waals surface area contributed by atoms with E-state index in [0.717, 1.165) is 22.2 Å². The van der Waals surface area contributed by atoms with E-state index in [9.17, 15) is 8.78 Å². The van der Waals surface area contributed by atoms with Crippen molar-refractivity contribution in [3.8, 4) is 0 Å². The van der Waals surface area contributed by atoms with E-state index in [1.807, 2.05) is 18.2 Å². The first-order valence-corrected chi connectivity index (χ1v) is 7.16. The third-order valence-corrected chi connectivity index (χ3v) is 3.86. The third kappa shape index (κ3) is 2.42. The number of nitrogens with one attached hydrogen (secondary N) is 1. The molecule has 4 aromatic rings. The van der Waals surface area contributed by atoms with E-state index in [1.165, 1.54) is 6.07 Å². The van der Waals surface area contributed by atoms with Gasteiger partial charge in [0.15, 0.2) is 5.65 Å². The predicted molar refractivity (Wildman–Crippen MR) is 83.4 cm³/mol. The molecular formula is C17H12F2N4. The van der Waals surface area contributed by atoms with Crippen LogP contribution in [0.3, 0.4) is 0 Å². The fourth-order valence-corrected chi connectivity index (χ4v) is 2.78. The van der Waals surface area contributed by atoms with Gasteiger partial charge < -0.3 is 0 Å². The number of halogens is 2. The van der Waals surface area contributed by atoms with E-state index in [-0.39, 0.29) is 5.56 Å². The monoisotopic (exact) mass is 310 g/mol. The Labute approximate surface area is 130 Å². The highest BCUT2D eigenvalue weighted by atomic mass is 19.3. The van der Waals surface area contributed by atoms with Gasteiger partial charge in [-0.05, 0) is 16.3 Å². The lowest BCUT2D eigenvalue weighted by molar-refractivity contribution is 0.153. The van der Waals surface area contributed by atoms with Crippen molar-refractivity contribution >= 4 is 21.9 Å². The summed E-state index contributed by atoms with van der Waals surface area (Å²) < 4.78 is 26.1. The number of fused-ring (bicyclic) bond motifs is 2. The number of aromatic nitrogens is 4. The molecule has 114 valence electrons. The molecule has 0 saturated carbocycles. The van der Waals surface area contributed by atoms with E-state index >= 15 is 0 Å². The number of rotatable bonds is 3. The Morgan fingerprint density at radius 2 is 1.91 bits per heavy atom. The Kier molecular flexibility index (Phi) is 3.22. The second kappa shape index (κ2) is 5.39. The van der Waals surface area contributed by atoms with E-state index < -0.39 is 6.43 Å². The molecule has 0 bridgehead atoms. The number of nitrogens with zero attached hydrogens (tertiary/aromatic N) is 3. The van der Waals surface area contributed by atoms with Crippen LogP contribution in [0, 0.1) is 0 Å². The number of hydrogen-bond acceptors (Lipinski definition) is 3. The van der Waals surface area contributed by atoms with Gasteiger partial charge in [-0.2, -0.15) is 5.10 Å². The second-order valence-electron chi connectivity index (χ2n) is 5.31. The average molecular weight is 310 g/mol. The number of hydrogen-bond donors (Lipinski definition) is 1. The van der Waals surface area contributed by atoms with E-state index in [1.54, 1.807) is 24.5 Å². The summed E-state index contributed by atoms with van der Waals surface area (Å²) in [5.41, 5.74) is 3.22. The van der Waals surface area contributed by atoms with Crippen LogP contribution in [0.25, 0.3) is 21.9 Å². The summed E-state index contributed by atoms with van der Waals surface area (Å²) >= 11 is 0. The van der Waals surface area contributed by atoms with Crippen molar-refractivity contribution in [1.29, 1.82) is 0 Å². The minimum absolute atomic E-state index is 0.0620. The fraction of sp³-hybridized carbons (Fsp3) is 0.118. The van der Waals surface area contributed by atoms with Crippen LogP contribution in [0.4, 0.5) is 8.78 Å². The molecular weight excluding hydrogens is 298 g/mol. The maximum Gasteiger partial charge on any atom is 0.264 e. The molecule has 0 spiro atoms. The van der Waals surface area contributed by atoms with Gasteiger partial charge in [0.05, 0.1) is 5.69 Å². The van der Waals surface area contributed by atoms with Gasteiger partial charge in [-0.1, -0.05) is 36.4 Å². The highest BCUT2D eigenvalue weighted by Crippen LogP contribution is 2.28. The van der Waals surface area contributed by atoms with Gasteiger partial charge in [0.1, 0.15) is 5.52 Å². The van der Waals surface area contributed by atoms with Gasteiger partial charge in [0.2, 0.25) is 0 Å². The number of benzene rings is 2. The lowest BCUT2D eigenvalue weighted by Crippen LogP contribution is -1.92. The third-order valence-electron chi connectivity index (χ3n) is 3.86. The Morgan fingerprint density at radius 1 is 1.04 bits per heavy atom. The quantitative estimate of drug-likeness (QED) is 0.621. The molecule has 4 nitrogen and oxygen atoms in total. The minimum Gasteiger partial charge on any atom is -0.278 e. The molecule has 2 heterocycles. The zero-order valence-corrected chi connectivity index (χ0v) is 12.0. The van der Waals surface area contributed by atoms with Crippen LogP contribution in [-0.4, -0.2) is 20.2 Å². The van der Waals surface area contributed by atoms with Crippen molar-refractivity contribution < 1.29 is 8.78 Å². The summed E-state index contributed by atoms with van der Waals surface area (Å²) in [4.78, 5) is 8.42. The summed E-state index contributed by atoms with van der Waals surface area (Å²) in [7, 11) is 0. The van der Waals surface area contributed by atoms with Crippen molar-refractivity contribution in [2.45, 2.75) is 12.8 Å². The number of alkyl halides is 2. The van der Waals surface area contributed by atoms with Crippen molar-refractivity contribution in [3.63, 3.8) is 0 Å². The summed E-state index contributed by atoms with van der Waals surface area (Å²) in [5.74, 6) is 0. The van der Waals surface area contributed by atoms with E-state index in [2.05, 4.69) is 20.2 Å². The molecule has 0 saturated heterocycles. The molecule has 6 heteroatoms. The van der Waals surface area contributed by atoms with E-state index in [0.29, 0.717) is 17.5 Å². The molecule has 0 unspecified atom stereocenters. The van der Waals surface area contributed by atoms with Gasteiger partial charge >= 0.3 is 0 Å². The zero-order valence-electron chi connectivity index (χ0n) is 12.0. The lowest BCUT2D eigenvalue weighted by Gasteiger charge is -2.07. The van der Waals surface area contributed by atoms with Crippen LogP contribution in [-0.2, 0) is 6.42 Å². The van der Waals surface area contributed by atoms with Crippen molar-refractivity contribution in [1.82, 2.24) is 20.2 Å². The molecule has 2 aromatic carbocycles. The standard InChI is InChI=1S/C17H12F2N4/c18-16(19)13-3-1-2-11-8-10(4-5-12(11)13)9-14-15-17(23-22-14)21-7-6-20-15/h1-8,16H,9H2,(H,21,22,23). The Balaban J connectivity index is 1.75. The summed E-state index contributed by atoms with van der Waals surface area (Å²) in [5, 5.41) is 8.45. The van der Waals surface area contributed by atoms with Gasteiger partial charge in [-0.15, -0.1) is 0 Å². The van der Waals surface area contributed by atoms with Crippen molar-refractivity contribution in [2.24, 2.45) is 0 Å². The Bertz CT molecular complexity index is 994.